The van der Waals surface area contributed by atoms with Gasteiger partial charge in [-0.15, -0.1) is 0 Å². The summed E-state index contributed by atoms with van der Waals surface area (Å²) in [5.41, 5.74) is 2.70. The van der Waals surface area contributed by atoms with E-state index in [-0.39, 0.29) is 11.6 Å². The molecule has 1 aliphatic rings. The van der Waals surface area contributed by atoms with Crippen molar-refractivity contribution in [2.45, 2.75) is 6.04 Å². The Morgan fingerprint density at radius 2 is 1.76 bits per heavy atom. The minimum absolute atomic E-state index is 0.174. The first kappa shape index (κ1) is 19.3. The highest BCUT2D eigenvalue weighted by Crippen LogP contribution is 2.31. The minimum Gasteiger partial charge on any atom is -0.478 e. The fourth-order valence-corrected chi connectivity index (χ4v) is 3.78. The monoisotopic (exact) mass is 426 g/mol. The van der Waals surface area contributed by atoms with Crippen LogP contribution in [0.15, 0.2) is 67.0 Å². The number of carbonyl (C=O) groups is 1. The third-order valence-electron chi connectivity index (χ3n) is 4.77. The quantitative estimate of drug-likeness (QED) is 0.536. The largest absolute Gasteiger partial charge is 0.478 e. The molecule has 8 heteroatoms. The van der Waals surface area contributed by atoms with Crippen LogP contribution in [0.2, 0.25) is 5.02 Å². The number of carboxylic acids is 1. The number of hydrogen-bond donors (Lipinski definition) is 3. The smallest absolute Gasteiger partial charge is 0.337 e. The molecular formula is C21H19ClN4O2S. The van der Waals surface area contributed by atoms with E-state index in [1.807, 2.05) is 47.3 Å². The summed E-state index contributed by atoms with van der Waals surface area (Å²) in [4.78, 5) is 13.9. The summed E-state index contributed by atoms with van der Waals surface area (Å²) in [6, 6.07) is 16.6. The Balaban J connectivity index is 1.43. The van der Waals surface area contributed by atoms with Crippen LogP contribution in [0.5, 0.6) is 0 Å². The topological polar surface area (TPSA) is 69.5 Å². The highest BCUT2D eigenvalue weighted by atomic mass is 35.5. The lowest BCUT2D eigenvalue weighted by Gasteiger charge is -2.42. The van der Waals surface area contributed by atoms with E-state index < -0.39 is 5.97 Å². The Morgan fingerprint density at radius 3 is 2.41 bits per heavy atom. The number of benzene rings is 2. The lowest BCUT2D eigenvalue weighted by atomic mass is 10.0. The molecule has 0 spiro atoms. The van der Waals surface area contributed by atoms with Crippen molar-refractivity contribution in [1.29, 1.82) is 0 Å². The molecule has 148 valence electrons. The van der Waals surface area contributed by atoms with Gasteiger partial charge in [0.2, 0.25) is 0 Å². The van der Waals surface area contributed by atoms with Crippen molar-refractivity contribution in [2.24, 2.45) is 0 Å². The van der Waals surface area contributed by atoms with E-state index in [1.165, 1.54) is 0 Å². The molecule has 0 atom stereocenters. The second-order valence-electron chi connectivity index (χ2n) is 6.78. The van der Waals surface area contributed by atoms with Crippen LogP contribution in [-0.2, 0) is 0 Å². The molecule has 1 aromatic heterocycles. The van der Waals surface area contributed by atoms with Gasteiger partial charge in [-0.05, 0) is 60.7 Å². The zero-order valence-corrected chi connectivity index (χ0v) is 17.0. The molecule has 3 N–H and O–H groups in total. The number of hydrogen-bond acceptors (Lipinski definition) is 3. The van der Waals surface area contributed by atoms with Gasteiger partial charge in [0.15, 0.2) is 5.11 Å². The van der Waals surface area contributed by atoms with Crippen molar-refractivity contribution in [3.05, 3.63) is 77.6 Å². The average molecular weight is 427 g/mol. The van der Waals surface area contributed by atoms with Crippen molar-refractivity contribution in [3.63, 3.8) is 0 Å². The minimum atomic E-state index is -0.945. The normalized spacial score (nSPS) is 13.6. The fourth-order valence-electron chi connectivity index (χ4n) is 3.37. The number of anilines is 2. The number of rotatable bonds is 5. The molecule has 0 amide bonds. The molecule has 6 nitrogen and oxygen atoms in total. The number of aromatic carboxylic acids is 1. The number of nitrogens with one attached hydrogen (secondary N) is 2. The maximum absolute atomic E-state index is 11.7. The van der Waals surface area contributed by atoms with Gasteiger partial charge in [0.05, 0.1) is 23.0 Å². The molecule has 29 heavy (non-hydrogen) atoms. The third-order valence-corrected chi connectivity index (χ3v) is 5.24. The number of thiocarbonyl (C=S) groups is 1. The molecule has 1 fully saturated rings. The number of carboxylic acid groups (broad SMARTS) is 1. The van der Waals surface area contributed by atoms with E-state index in [4.69, 9.17) is 23.8 Å². The summed E-state index contributed by atoms with van der Waals surface area (Å²) < 4.78 is 1.84. The SMILES string of the molecule is O=C(O)c1cccc(N2CC(NC(=S)Nc3ccc(Cl)cc3)C2)c1-n1cccc1. The predicted octanol–water partition coefficient (Wildman–Crippen LogP) is 4.00. The van der Waals surface area contributed by atoms with Crippen molar-refractivity contribution >= 4 is 46.3 Å². The van der Waals surface area contributed by atoms with Crippen LogP contribution in [0.1, 0.15) is 10.4 Å². The maximum atomic E-state index is 11.7. The van der Waals surface area contributed by atoms with Crippen LogP contribution >= 0.6 is 23.8 Å². The van der Waals surface area contributed by atoms with Crippen molar-refractivity contribution in [2.75, 3.05) is 23.3 Å². The van der Waals surface area contributed by atoms with Gasteiger partial charge in [-0.25, -0.2) is 4.79 Å². The summed E-state index contributed by atoms with van der Waals surface area (Å²) in [6.07, 6.45) is 3.71. The molecule has 0 unspecified atom stereocenters. The highest BCUT2D eigenvalue weighted by molar-refractivity contribution is 7.80. The van der Waals surface area contributed by atoms with Crippen molar-refractivity contribution in [1.82, 2.24) is 9.88 Å². The molecule has 1 aliphatic heterocycles. The summed E-state index contributed by atoms with van der Waals surface area (Å²) in [6.45, 7) is 1.44. The van der Waals surface area contributed by atoms with Crippen LogP contribution in [0.25, 0.3) is 5.69 Å². The number of para-hydroxylation sites is 1. The van der Waals surface area contributed by atoms with E-state index in [1.54, 1.807) is 24.3 Å². The first-order chi connectivity index (χ1) is 14.0. The van der Waals surface area contributed by atoms with Gasteiger partial charge in [-0.3, -0.25) is 0 Å². The number of aromatic nitrogens is 1. The third kappa shape index (κ3) is 4.21. The van der Waals surface area contributed by atoms with Crippen LogP contribution in [-0.4, -0.2) is 39.9 Å². The van der Waals surface area contributed by atoms with Gasteiger partial charge in [0, 0.05) is 36.2 Å². The fraction of sp³-hybridized carbons (Fsp3) is 0.143. The lowest BCUT2D eigenvalue weighted by molar-refractivity contribution is 0.0697. The number of halogens is 1. The molecule has 4 rings (SSSR count). The zero-order valence-electron chi connectivity index (χ0n) is 15.4. The van der Waals surface area contributed by atoms with Gasteiger partial charge in [-0.2, -0.15) is 0 Å². The summed E-state index contributed by atoms with van der Waals surface area (Å²) in [5, 5.41) is 17.3. The van der Waals surface area contributed by atoms with Crippen molar-refractivity contribution in [3.8, 4) is 5.69 Å². The van der Waals surface area contributed by atoms with Gasteiger partial charge in [0.1, 0.15) is 0 Å². The Hall–Kier alpha value is -3.03. The molecule has 2 aromatic carbocycles. The Bertz CT molecular complexity index is 1030. The Morgan fingerprint density at radius 1 is 1.07 bits per heavy atom. The molecule has 2 heterocycles. The molecule has 0 aliphatic carbocycles. The van der Waals surface area contributed by atoms with E-state index in [0.29, 0.717) is 15.8 Å². The van der Waals surface area contributed by atoms with Gasteiger partial charge >= 0.3 is 5.97 Å². The van der Waals surface area contributed by atoms with Crippen LogP contribution in [0.3, 0.4) is 0 Å². The van der Waals surface area contributed by atoms with Gasteiger partial charge < -0.3 is 25.2 Å². The molecule has 0 saturated carbocycles. The second-order valence-corrected chi connectivity index (χ2v) is 7.62. The standard InChI is InChI=1S/C21H19ClN4O2S/c22-14-6-8-15(9-7-14)23-21(29)24-16-12-26(13-16)18-5-3-4-17(20(27)28)19(18)25-10-1-2-11-25/h1-11,16H,12-13H2,(H,27,28)(H2,23,24,29). The Labute approximate surface area is 178 Å². The second kappa shape index (κ2) is 8.14. The summed E-state index contributed by atoms with van der Waals surface area (Å²) in [7, 11) is 0. The Kier molecular flexibility index (Phi) is 5.42. The first-order valence-electron chi connectivity index (χ1n) is 9.09. The molecule has 0 radical (unpaired) electrons. The van der Waals surface area contributed by atoms with E-state index in [0.717, 1.165) is 24.5 Å². The van der Waals surface area contributed by atoms with Crippen LogP contribution in [0.4, 0.5) is 11.4 Å². The van der Waals surface area contributed by atoms with Gasteiger partial charge in [0.25, 0.3) is 0 Å². The predicted molar refractivity (Wildman–Crippen MR) is 120 cm³/mol. The molecular weight excluding hydrogens is 408 g/mol. The number of nitrogens with zero attached hydrogens (tertiary/aromatic N) is 2. The van der Waals surface area contributed by atoms with E-state index in [2.05, 4.69) is 15.5 Å². The summed E-state index contributed by atoms with van der Waals surface area (Å²) >= 11 is 11.3. The summed E-state index contributed by atoms with van der Waals surface area (Å²) in [5.74, 6) is -0.945. The van der Waals surface area contributed by atoms with E-state index in [9.17, 15) is 9.90 Å². The molecule has 3 aromatic rings. The van der Waals surface area contributed by atoms with E-state index >= 15 is 0 Å². The lowest BCUT2D eigenvalue weighted by Crippen LogP contribution is -2.60. The van der Waals surface area contributed by atoms with Gasteiger partial charge in [-0.1, -0.05) is 17.7 Å². The maximum Gasteiger partial charge on any atom is 0.337 e. The van der Waals surface area contributed by atoms with Crippen LogP contribution in [0, 0.1) is 0 Å². The zero-order chi connectivity index (χ0) is 20.4. The molecule has 0 bridgehead atoms. The molecule has 1 saturated heterocycles. The van der Waals surface area contributed by atoms with Crippen molar-refractivity contribution < 1.29 is 9.90 Å². The average Bonchev–Trinajstić information content (AvgIpc) is 3.20. The first-order valence-corrected chi connectivity index (χ1v) is 9.87. The highest BCUT2D eigenvalue weighted by Gasteiger charge is 2.30. The van der Waals surface area contributed by atoms with Crippen LogP contribution < -0.4 is 15.5 Å².